The number of aromatic nitrogens is 12. The van der Waals surface area contributed by atoms with E-state index < -0.39 is 11.5 Å². The van der Waals surface area contributed by atoms with E-state index >= 15 is 0 Å². The number of piperidine rings is 2. The van der Waals surface area contributed by atoms with Gasteiger partial charge in [-0.2, -0.15) is 10.2 Å². The summed E-state index contributed by atoms with van der Waals surface area (Å²) in [6.45, 7) is 4.94. The van der Waals surface area contributed by atoms with E-state index in [-0.39, 0.29) is 23.5 Å². The Bertz CT molecular complexity index is 3750. The molecule has 2 saturated carbocycles. The Kier molecular flexibility index (Phi) is 14.0. The fraction of sp³-hybridized carbons (Fsp3) is 0.351. The maximum Gasteiger partial charge on any atom is 0.407 e. The quantitative estimate of drug-likeness (QED) is 0.103. The molecule has 14 rings (SSSR count). The maximum atomic E-state index is 12.6. The molecule has 6 aromatic heterocycles. The van der Waals surface area contributed by atoms with Crippen LogP contribution in [-0.4, -0.2) is 122 Å². The number of benzene rings is 3. The molecule has 408 valence electrons. The standard InChI is InChI=1S/C35H34Cl2N8O3.C22H20Cl2N8/c36-26-11-6-10-23(29(26)37)30-31-32(45(42-30)28-12-4-5-17-48-28)41-27(18-40-31)43-16-13-24-25(20-43)35(24,33-38-14-7-15-39-33)21-44(34(46)47)19-22-8-2-1-3-9-22;23-15-4-1-3-12(17(15)24)18-19-20(31-30-18)29-16(9-28-19)32-8-5-13-14(10-32)22(13,11-25)21-26-6-2-7-27-21/h1-3,6-11,14-15,18,24-25,28H,4-5,12-13,16-17,19-21H2,(H,46,47);1-4,6-7,9,13-14H,5,8,10-11,25H2,(H,29,30,31). The van der Waals surface area contributed by atoms with Gasteiger partial charge in [-0.05, 0) is 85.6 Å². The van der Waals surface area contributed by atoms with Crippen LogP contribution in [0.3, 0.4) is 0 Å². The molecule has 9 heterocycles. The summed E-state index contributed by atoms with van der Waals surface area (Å²) >= 11 is 25.6. The average Bonchev–Trinajstić information content (AvgIpc) is 4.27. The molecule has 1 amide bonds. The zero-order valence-corrected chi connectivity index (χ0v) is 46.2. The van der Waals surface area contributed by atoms with Crippen molar-refractivity contribution in [3.05, 3.63) is 153 Å². The number of carboxylic acid groups (broad SMARTS) is 1. The van der Waals surface area contributed by atoms with Gasteiger partial charge in [0.25, 0.3) is 0 Å². The van der Waals surface area contributed by atoms with Crippen molar-refractivity contribution in [3.63, 3.8) is 0 Å². The van der Waals surface area contributed by atoms with Gasteiger partial charge in [0, 0.05) is 88.3 Å². The summed E-state index contributed by atoms with van der Waals surface area (Å²) in [4.78, 5) is 56.5. The first-order valence-electron chi connectivity index (χ1n) is 26.8. The monoisotopic (exact) mass is 1150 g/mol. The Morgan fingerprint density at radius 2 is 1.31 bits per heavy atom. The summed E-state index contributed by atoms with van der Waals surface area (Å²) < 4.78 is 8.00. The number of halogens is 4. The molecular formula is C57H54Cl4N16O3. The van der Waals surface area contributed by atoms with Gasteiger partial charge < -0.3 is 30.3 Å². The van der Waals surface area contributed by atoms with Gasteiger partial charge in [-0.1, -0.05) is 101 Å². The topological polar surface area (TPSA) is 232 Å². The van der Waals surface area contributed by atoms with Crippen molar-refractivity contribution in [1.82, 2.24) is 64.7 Å². The van der Waals surface area contributed by atoms with E-state index in [4.69, 9.17) is 76.9 Å². The molecule has 23 heteroatoms. The van der Waals surface area contributed by atoms with Crippen molar-refractivity contribution in [2.75, 3.05) is 55.7 Å². The van der Waals surface area contributed by atoms with Gasteiger partial charge >= 0.3 is 6.09 Å². The zero-order chi connectivity index (χ0) is 54.7. The lowest BCUT2D eigenvalue weighted by Gasteiger charge is -2.28. The van der Waals surface area contributed by atoms with Gasteiger partial charge in [0.05, 0.1) is 49.0 Å². The maximum absolute atomic E-state index is 12.6. The molecule has 2 aliphatic carbocycles. The molecular weight excluding hydrogens is 1100 g/mol. The molecule has 7 unspecified atom stereocenters. The van der Waals surface area contributed by atoms with Crippen LogP contribution in [0.25, 0.3) is 44.8 Å². The van der Waals surface area contributed by atoms with E-state index in [1.807, 2.05) is 65.3 Å². The van der Waals surface area contributed by atoms with Crippen molar-refractivity contribution in [2.45, 2.75) is 55.7 Å². The highest BCUT2D eigenvalue weighted by Gasteiger charge is 2.69. The third-order valence-corrected chi connectivity index (χ3v) is 18.7. The van der Waals surface area contributed by atoms with Crippen molar-refractivity contribution < 1.29 is 14.6 Å². The largest absolute Gasteiger partial charge is 0.465 e. The SMILES string of the molecule is NCC1(c2ncccn2)C2CCN(c3cnc4c(-c5cccc(Cl)c5Cl)[nH]nc4n3)CC21.O=C(O)N(Cc1ccccc1)CC1(c2ncccn2)C2CCN(c3cnc4c(-c5cccc(Cl)c5Cl)nn(C5CCCCO5)c4n3)CC21. The van der Waals surface area contributed by atoms with Gasteiger partial charge in [-0.3, -0.25) is 5.10 Å². The number of hydrogen-bond acceptors (Lipinski definition) is 15. The molecule has 4 N–H and O–H groups in total. The van der Waals surface area contributed by atoms with Crippen LogP contribution in [0, 0.1) is 23.7 Å². The summed E-state index contributed by atoms with van der Waals surface area (Å²) in [6, 6.07) is 24.3. The highest BCUT2D eigenvalue weighted by atomic mass is 35.5. The van der Waals surface area contributed by atoms with Gasteiger partial charge in [-0.15, -0.1) is 0 Å². The number of aromatic amines is 1. The highest BCUT2D eigenvalue weighted by molar-refractivity contribution is 6.44. The third-order valence-electron chi connectivity index (χ3n) is 17.0. The van der Waals surface area contributed by atoms with E-state index in [2.05, 4.69) is 44.9 Å². The molecule has 3 aromatic carbocycles. The Morgan fingerprint density at radius 3 is 1.96 bits per heavy atom. The van der Waals surface area contributed by atoms with Gasteiger partial charge in [0.2, 0.25) is 5.65 Å². The minimum atomic E-state index is -0.959. The summed E-state index contributed by atoms with van der Waals surface area (Å²) in [7, 11) is 0. The molecule has 7 atom stereocenters. The number of nitrogens with two attached hydrogens (primary N) is 1. The van der Waals surface area contributed by atoms with Crippen molar-refractivity contribution in [2.24, 2.45) is 29.4 Å². The number of nitrogens with one attached hydrogen (secondary N) is 1. The molecule has 5 fully saturated rings. The van der Waals surface area contributed by atoms with Crippen LogP contribution in [-0.2, 0) is 22.1 Å². The van der Waals surface area contributed by atoms with Crippen LogP contribution >= 0.6 is 46.4 Å². The number of hydrogen-bond donors (Lipinski definition) is 3. The fourth-order valence-electron chi connectivity index (χ4n) is 13.0. The Hall–Kier alpha value is -7.13. The van der Waals surface area contributed by atoms with Crippen molar-refractivity contribution in [1.29, 1.82) is 0 Å². The van der Waals surface area contributed by atoms with E-state index in [9.17, 15) is 9.90 Å². The second-order valence-electron chi connectivity index (χ2n) is 21.2. The smallest absolute Gasteiger partial charge is 0.407 e. The minimum Gasteiger partial charge on any atom is -0.465 e. The molecule has 19 nitrogen and oxygen atoms in total. The van der Waals surface area contributed by atoms with Crippen LogP contribution in [0.1, 0.15) is 55.5 Å². The van der Waals surface area contributed by atoms with Crippen LogP contribution in [0.15, 0.2) is 116 Å². The highest BCUT2D eigenvalue weighted by Crippen LogP contribution is 2.64. The summed E-state index contributed by atoms with van der Waals surface area (Å²) in [5.74, 6) is 4.37. The van der Waals surface area contributed by atoms with Crippen LogP contribution in [0.2, 0.25) is 20.1 Å². The molecule has 0 spiro atoms. The van der Waals surface area contributed by atoms with Crippen LogP contribution in [0.4, 0.5) is 16.4 Å². The summed E-state index contributed by atoms with van der Waals surface area (Å²) in [5.41, 5.74) is 11.7. The lowest BCUT2D eigenvalue weighted by molar-refractivity contribution is -0.0368. The van der Waals surface area contributed by atoms with Crippen LogP contribution in [0.5, 0.6) is 0 Å². The van der Waals surface area contributed by atoms with Crippen molar-refractivity contribution >= 4 is 86.5 Å². The number of H-pyrrole nitrogens is 1. The molecule has 9 aromatic rings. The van der Waals surface area contributed by atoms with Gasteiger partial charge in [0.1, 0.15) is 40.0 Å². The van der Waals surface area contributed by atoms with E-state index in [1.54, 1.807) is 55.4 Å². The number of nitrogens with zero attached hydrogens (tertiary/aromatic N) is 14. The second-order valence-corrected chi connectivity index (χ2v) is 22.7. The molecule has 3 saturated heterocycles. The molecule has 80 heavy (non-hydrogen) atoms. The van der Waals surface area contributed by atoms with E-state index in [1.165, 1.54) is 4.90 Å². The molecule has 3 aliphatic heterocycles. The summed E-state index contributed by atoms with van der Waals surface area (Å²) in [6.07, 6.45) is 14.2. The normalized spacial score (nSPS) is 23.9. The fourth-order valence-corrected chi connectivity index (χ4v) is 13.8. The van der Waals surface area contributed by atoms with Gasteiger partial charge in [-0.25, -0.2) is 49.3 Å². The van der Waals surface area contributed by atoms with E-state index in [0.717, 1.165) is 80.3 Å². The van der Waals surface area contributed by atoms with Crippen molar-refractivity contribution in [3.8, 4) is 22.5 Å². The Morgan fingerprint density at radius 1 is 0.700 bits per heavy atom. The Balaban J connectivity index is 0.000000164. The molecule has 0 radical (unpaired) electrons. The Labute approximate surface area is 479 Å². The lowest BCUT2D eigenvalue weighted by atomic mass is 9.98. The predicted octanol–water partition coefficient (Wildman–Crippen LogP) is 10.3. The number of fused-ring (bicyclic) bond motifs is 4. The number of amides is 1. The number of anilines is 2. The minimum absolute atomic E-state index is 0.135. The summed E-state index contributed by atoms with van der Waals surface area (Å²) in [5, 5.41) is 24.5. The first kappa shape index (κ1) is 52.3. The van der Waals surface area contributed by atoms with E-state index in [0.29, 0.717) is 110 Å². The van der Waals surface area contributed by atoms with Crippen LogP contribution < -0.4 is 15.5 Å². The zero-order valence-electron chi connectivity index (χ0n) is 43.2. The van der Waals surface area contributed by atoms with Gasteiger partial charge in [0.15, 0.2) is 11.9 Å². The molecule has 0 bridgehead atoms. The first-order chi connectivity index (χ1) is 39.1. The number of ether oxygens (including phenoxy) is 1. The average molecular weight is 1150 g/mol. The number of carbonyl (C=O) groups is 1. The first-order valence-corrected chi connectivity index (χ1v) is 28.3. The predicted molar refractivity (Wildman–Crippen MR) is 306 cm³/mol. The lowest BCUT2D eigenvalue weighted by Crippen LogP contribution is -2.39. The number of rotatable bonds is 12. The third kappa shape index (κ3) is 9.20. The molecule has 5 aliphatic rings. The second kappa shape index (κ2) is 21.4.